The number of nitriles is 1. The Hall–Kier alpha value is -2.21. The number of benzene rings is 1. The molecule has 3 rings (SSSR count). The van der Waals surface area contributed by atoms with Gasteiger partial charge in [-0.25, -0.2) is 9.97 Å². The number of unbranched alkanes of at least 4 members (excludes halogenated alkanes) is 7. The number of nitrogens with zero attached hydrogens (tertiary/aromatic N) is 3. The molecule has 30 heavy (non-hydrogen) atoms. The summed E-state index contributed by atoms with van der Waals surface area (Å²) in [5, 5.41) is 9.06. The van der Waals surface area contributed by atoms with Gasteiger partial charge in [-0.2, -0.15) is 5.26 Å². The van der Waals surface area contributed by atoms with Gasteiger partial charge in [0.25, 0.3) is 0 Å². The van der Waals surface area contributed by atoms with Crippen molar-refractivity contribution in [3.8, 4) is 17.2 Å². The number of hydrogen-bond donors (Lipinski definition) is 0. The average Bonchev–Trinajstić information content (AvgIpc) is 2.81. The summed E-state index contributed by atoms with van der Waals surface area (Å²) in [6.45, 7) is 2.28. The highest BCUT2D eigenvalue weighted by Gasteiger charge is 2.23. The van der Waals surface area contributed by atoms with E-state index in [4.69, 9.17) is 5.26 Å². The van der Waals surface area contributed by atoms with Crippen molar-refractivity contribution in [1.82, 2.24) is 9.97 Å². The first-order chi connectivity index (χ1) is 14.8. The maximum Gasteiger partial charge on any atom is 0.131 e. The lowest BCUT2D eigenvalue weighted by Gasteiger charge is -2.23. The van der Waals surface area contributed by atoms with Gasteiger partial charge in [0.05, 0.1) is 6.07 Å². The molecule has 3 heteroatoms. The molecule has 1 saturated carbocycles. The summed E-state index contributed by atoms with van der Waals surface area (Å²) < 4.78 is 0. The van der Waals surface area contributed by atoms with Crippen LogP contribution >= 0.6 is 0 Å². The zero-order valence-corrected chi connectivity index (χ0v) is 18.7. The van der Waals surface area contributed by atoms with Crippen LogP contribution in [0, 0.1) is 17.2 Å². The lowest BCUT2D eigenvalue weighted by atomic mass is 9.82. The minimum absolute atomic E-state index is 0.227. The molecule has 3 nitrogen and oxygen atoms in total. The highest BCUT2D eigenvalue weighted by atomic mass is 14.9. The standard InChI is InChI=1S/C27H37N3/c1-2-3-4-5-6-7-8-9-10-22-11-15-24(16-12-22)26-20-29-27(30-21-26)25-17-13-23(19-28)14-18-25/h11-12,15-16,20-21,23,25H,2-10,13-14,17-18H2,1H3/t23-,25-. The highest BCUT2D eigenvalue weighted by molar-refractivity contribution is 5.61. The van der Waals surface area contributed by atoms with Gasteiger partial charge in [0, 0.05) is 29.8 Å². The molecule has 1 heterocycles. The fraction of sp³-hybridized carbons (Fsp3) is 0.593. The molecular weight excluding hydrogens is 366 g/mol. The van der Waals surface area contributed by atoms with Gasteiger partial charge in [0.1, 0.15) is 5.82 Å². The third-order valence-electron chi connectivity index (χ3n) is 6.55. The third kappa shape index (κ3) is 6.94. The maximum absolute atomic E-state index is 9.06. The molecule has 1 aromatic heterocycles. The van der Waals surface area contributed by atoms with E-state index < -0.39 is 0 Å². The molecule has 160 valence electrons. The van der Waals surface area contributed by atoms with E-state index in [1.165, 1.54) is 68.9 Å². The van der Waals surface area contributed by atoms with E-state index >= 15 is 0 Å². The van der Waals surface area contributed by atoms with Crippen LogP contribution in [0.2, 0.25) is 0 Å². The van der Waals surface area contributed by atoms with Crippen molar-refractivity contribution in [2.45, 2.75) is 96.3 Å². The Balaban J connectivity index is 1.42. The van der Waals surface area contributed by atoms with Crippen molar-refractivity contribution in [3.05, 3.63) is 48.0 Å². The molecule has 1 aliphatic carbocycles. The first-order valence-electron chi connectivity index (χ1n) is 12.1. The van der Waals surface area contributed by atoms with Crippen LogP contribution in [0.25, 0.3) is 11.1 Å². The van der Waals surface area contributed by atoms with E-state index in [0.717, 1.165) is 37.1 Å². The zero-order valence-electron chi connectivity index (χ0n) is 18.7. The molecule has 2 aromatic rings. The van der Waals surface area contributed by atoms with E-state index in [2.05, 4.69) is 47.2 Å². The van der Waals surface area contributed by atoms with Gasteiger partial charge < -0.3 is 0 Å². The Kier molecular flexibility index (Phi) is 9.35. The molecule has 0 atom stereocenters. The Morgan fingerprint density at radius 3 is 2.00 bits per heavy atom. The van der Waals surface area contributed by atoms with E-state index in [-0.39, 0.29) is 5.92 Å². The van der Waals surface area contributed by atoms with Gasteiger partial charge in [-0.05, 0) is 49.7 Å². The van der Waals surface area contributed by atoms with Gasteiger partial charge in [-0.15, -0.1) is 0 Å². The lowest BCUT2D eigenvalue weighted by molar-refractivity contribution is 0.372. The molecule has 1 aliphatic rings. The molecule has 0 aliphatic heterocycles. The summed E-state index contributed by atoms with van der Waals surface area (Å²) in [6.07, 6.45) is 20.1. The summed E-state index contributed by atoms with van der Waals surface area (Å²) in [4.78, 5) is 9.31. The van der Waals surface area contributed by atoms with E-state index in [0.29, 0.717) is 5.92 Å². The van der Waals surface area contributed by atoms with Crippen molar-refractivity contribution < 1.29 is 0 Å². The first-order valence-corrected chi connectivity index (χ1v) is 12.1. The smallest absolute Gasteiger partial charge is 0.131 e. The Morgan fingerprint density at radius 2 is 1.40 bits per heavy atom. The van der Waals surface area contributed by atoms with Gasteiger partial charge in [-0.1, -0.05) is 76.1 Å². The van der Waals surface area contributed by atoms with Crippen LogP contribution in [0.3, 0.4) is 0 Å². The molecule has 0 radical (unpaired) electrons. The quantitative estimate of drug-likeness (QED) is 0.362. The SMILES string of the molecule is CCCCCCCCCCc1ccc(-c2cnc([C@H]3CC[C@H](C#N)CC3)nc2)cc1. The molecule has 0 spiro atoms. The third-order valence-corrected chi connectivity index (χ3v) is 6.55. The van der Waals surface area contributed by atoms with Crippen LogP contribution in [0.1, 0.15) is 101 Å². The van der Waals surface area contributed by atoms with Gasteiger partial charge in [-0.3, -0.25) is 0 Å². The second kappa shape index (κ2) is 12.5. The number of hydrogen-bond acceptors (Lipinski definition) is 3. The monoisotopic (exact) mass is 403 g/mol. The molecule has 0 unspecified atom stereocenters. The second-order valence-electron chi connectivity index (χ2n) is 8.93. The molecule has 0 bridgehead atoms. The van der Waals surface area contributed by atoms with Crippen LogP contribution in [0.4, 0.5) is 0 Å². The topological polar surface area (TPSA) is 49.6 Å². The molecular formula is C27H37N3. The fourth-order valence-electron chi connectivity index (χ4n) is 4.51. The summed E-state index contributed by atoms with van der Waals surface area (Å²) in [5.74, 6) is 1.59. The predicted molar refractivity (Wildman–Crippen MR) is 124 cm³/mol. The molecule has 1 aromatic carbocycles. The van der Waals surface area contributed by atoms with Gasteiger partial charge in [0.2, 0.25) is 0 Å². The van der Waals surface area contributed by atoms with E-state index in [9.17, 15) is 0 Å². The predicted octanol–water partition coefficient (Wildman–Crippen LogP) is 7.62. The second-order valence-corrected chi connectivity index (χ2v) is 8.93. The van der Waals surface area contributed by atoms with Gasteiger partial charge in [0.15, 0.2) is 0 Å². The van der Waals surface area contributed by atoms with Crippen LogP contribution in [-0.2, 0) is 6.42 Å². The van der Waals surface area contributed by atoms with Crippen LogP contribution in [0.5, 0.6) is 0 Å². The molecule has 0 saturated heterocycles. The highest BCUT2D eigenvalue weighted by Crippen LogP contribution is 2.34. The van der Waals surface area contributed by atoms with Crippen molar-refractivity contribution in [1.29, 1.82) is 5.26 Å². The number of aryl methyl sites for hydroxylation is 1. The Bertz CT molecular complexity index is 765. The Morgan fingerprint density at radius 1 is 0.800 bits per heavy atom. The number of rotatable bonds is 11. The maximum atomic E-state index is 9.06. The zero-order chi connectivity index (χ0) is 21.0. The summed E-state index contributed by atoms with van der Waals surface area (Å²) in [6, 6.07) is 11.3. The van der Waals surface area contributed by atoms with Crippen LogP contribution in [0.15, 0.2) is 36.7 Å². The molecule has 0 N–H and O–H groups in total. The van der Waals surface area contributed by atoms with Crippen LogP contribution in [-0.4, -0.2) is 9.97 Å². The van der Waals surface area contributed by atoms with E-state index in [1.807, 2.05) is 12.4 Å². The van der Waals surface area contributed by atoms with Crippen molar-refractivity contribution in [2.24, 2.45) is 5.92 Å². The van der Waals surface area contributed by atoms with Crippen LogP contribution < -0.4 is 0 Å². The summed E-state index contributed by atoms with van der Waals surface area (Å²) in [5.41, 5.74) is 3.70. The largest absolute Gasteiger partial charge is 0.240 e. The molecule has 1 fully saturated rings. The normalized spacial score (nSPS) is 18.8. The summed E-state index contributed by atoms with van der Waals surface area (Å²) in [7, 11) is 0. The number of aromatic nitrogens is 2. The Labute approximate surface area is 183 Å². The minimum Gasteiger partial charge on any atom is -0.240 e. The minimum atomic E-state index is 0.227. The fourth-order valence-corrected chi connectivity index (χ4v) is 4.51. The first kappa shape index (κ1) is 22.5. The van der Waals surface area contributed by atoms with Gasteiger partial charge >= 0.3 is 0 Å². The van der Waals surface area contributed by atoms with Crippen molar-refractivity contribution >= 4 is 0 Å². The van der Waals surface area contributed by atoms with Crippen molar-refractivity contribution in [3.63, 3.8) is 0 Å². The summed E-state index contributed by atoms with van der Waals surface area (Å²) >= 11 is 0. The van der Waals surface area contributed by atoms with Crippen molar-refractivity contribution in [2.75, 3.05) is 0 Å². The van der Waals surface area contributed by atoms with E-state index in [1.54, 1.807) is 0 Å². The molecule has 0 amide bonds. The average molecular weight is 404 g/mol. The lowest BCUT2D eigenvalue weighted by Crippen LogP contribution is -2.14.